The molecule has 0 aromatic heterocycles. The van der Waals surface area contributed by atoms with E-state index in [1.165, 1.54) is 7.11 Å². The minimum absolute atomic E-state index is 0.142. The number of hydrogen-bond acceptors (Lipinski definition) is 3. The van der Waals surface area contributed by atoms with Gasteiger partial charge in [0, 0.05) is 6.42 Å². The molecule has 1 rings (SSSR count). The summed E-state index contributed by atoms with van der Waals surface area (Å²) in [6.07, 6.45) is 6.49. The Balaban J connectivity index is 2.02. The maximum absolute atomic E-state index is 10.7. The van der Waals surface area contributed by atoms with Crippen molar-refractivity contribution >= 4 is 5.97 Å². The van der Waals surface area contributed by atoms with E-state index >= 15 is 0 Å². The molecule has 0 aromatic rings. The van der Waals surface area contributed by atoms with E-state index in [0.29, 0.717) is 13.0 Å². The molecule has 0 saturated carbocycles. The van der Waals surface area contributed by atoms with Gasteiger partial charge < -0.3 is 9.47 Å². The molecule has 3 heteroatoms. The van der Waals surface area contributed by atoms with Crippen LogP contribution < -0.4 is 0 Å². The van der Waals surface area contributed by atoms with Gasteiger partial charge in [0.2, 0.25) is 0 Å². The first-order valence-electron chi connectivity index (χ1n) is 4.18. The molecule has 0 radical (unpaired) electrons. The zero-order chi connectivity index (χ0) is 8.81. The van der Waals surface area contributed by atoms with Gasteiger partial charge in [0.15, 0.2) is 0 Å². The van der Waals surface area contributed by atoms with Gasteiger partial charge in [0.25, 0.3) is 0 Å². The molecule has 3 nitrogen and oxygen atoms in total. The minimum Gasteiger partial charge on any atom is -0.469 e. The summed E-state index contributed by atoms with van der Waals surface area (Å²) in [6, 6.07) is 0. The van der Waals surface area contributed by atoms with Crippen LogP contribution in [0.25, 0.3) is 0 Å². The fraction of sp³-hybridized carbons (Fsp3) is 0.667. The first kappa shape index (κ1) is 9.26. The van der Waals surface area contributed by atoms with Crippen LogP contribution in [0.4, 0.5) is 0 Å². The summed E-state index contributed by atoms with van der Waals surface area (Å²) < 4.78 is 9.82. The third kappa shape index (κ3) is 3.05. The van der Waals surface area contributed by atoms with Gasteiger partial charge in [-0.2, -0.15) is 0 Å². The van der Waals surface area contributed by atoms with Gasteiger partial charge in [0.1, 0.15) is 0 Å². The Morgan fingerprint density at radius 3 is 3.17 bits per heavy atom. The van der Waals surface area contributed by atoms with Gasteiger partial charge in [-0.1, -0.05) is 12.2 Å². The number of carbonyl (C=O) groups is 1. The molecule has 0 aliphatic carbocycles. The predicted octanol–water partition coefficient (Wildman–Crippen LogP) is 1.28. The molecule has 0 bridgehead atoms. The van der Waals surface area contributed by atoms with E-state index in [4.69, 9.17) is 4.74 Å². The maximum Gasteiger partial charge on any atom is 0.305 e. The summed E-state index contributed by atoms with van der Waals surface area (Å²) in [6.45, 7) is 0.711. The molecule has 1 aliphatic rings. The van der Waals surface area contributed by atoms with Gasteiger partial charge in [-0.3, -0.25) is 4.79 Å². The Labute approximate surface area is 72.4 Å². The summed E-state index contributed by atoms with van der Waals surface area (Å²) in [5.74, 6) is -0.142. The number of ether oxygens (including phenoxy) is 2. The number of esters is 1. The molecule has 1 unspecified atom stereocenters. The zero-order valence-electron chi connectivity index (χ0n) is 7.29. The quantitative estimate of drug-likeness (QED) is 0.471. The third-order valence-corrected chi connectivity index (χ3v) is 1.85. The topological polar surface area (TPSA) is 35.5 Å². The average molecular weight is 170 g/mol. The van der Waals surface area contributed by atoms with E-state index in [1.807, 2.05) is 12.2 Å². The lowest BCUT2D eigenvalue weighted by Crippen LogP contribution is -2.06. The van der Waals surface area contributed by atoms with E-state index in [1.54, 1.807) is 0 Å². The summed E-state index contributed by atoms with van der Waals surface area (Å²) >= 11 is 0. The van der Waals surface area contributed by atoms with Gasteiger partial charge in [-0.05, 0) is 12.8 Å². The monoisotopic (exact) mass is 170 g/mol. The van der Waals surface area contributed by atoms with Crippen LogP contribution >= 0.6 is 0 Å². The highest BCUT2D eigenvalue weighted by Gasteiger charge is 2.09. The standard InChI is InChI=1S/C9H14O3/c1-11-9(10)6-2-4-8-5-3-7-12-8/h3,5,8H,2,4,6-7H2,1H3. The molecule has 12 heavy (non-hydrogen) atoms. The molecule has 0 amide bonds. The minimum atomic E-state index is -0.142. The van der Waals surface area contributed by atoms with Crippen LogP contribution in [0.2, 0.25) is 0 Å². The molecule has 68 valence electrons. The Morgan fingerprint density at radius 2 is 2.58 bits per heavy atom. The van der Waals surface area contributed by atoms with Crippen molar-refractivity contribution in [3.05, 3.63) is 12.2 Å². The Hall–Kier alpha value is -0.830. The summed E-state index contributed by atoms with van der Waals surface area (Å²) in [5.41, 5.74) is 0. The van der Waals surface area contributed by atoms with E-state index < -0.39 is 0 Å². The van der Waals surface area contributed by atoms with Crippen LogP contribution in [0.5, 0.6) is 0 Å². The molecule has 1 heterocycles. The summed E-state index contributed by atoms with van der Waals surface area (Å²) in [5, 5.41) is 0. The van der Waals surface area contributed by atoms with Crippen LogP contribution in [-0.2, 0) is 14.3 Å². The van der Waals surface area contributed by atoms with E-state index in [9.17, 15) is 4.79 Å². The van der Waals surface area contributed by atoms with Crippen molar-refractivity contribution in [2.75, 3.05) is 13.7 Å². The van der Waals surface area contributed by atoms with Gasteiger partial charge in [-0.25, -0.2) is 0 Å². The van der Waals surface area contributed by atoms with Crippen LogP contribution in [0.3, 0.4) is 0 Å². The highest BCUT2D eigenvalue weighted by molar-refractivity contribution is 5.68. The first-order valence-corrected chi connectivity index (χ1v) is 4.18. The largest absolute Gasteiger partial charge is 0.469 e. The van der Waals surface area contributed by atoms with Crippen LogP contribution in [-0.4, -0.2) is 25.8 Å². The fourth-order valence-corrected chi connectivity index (χ4v) is 1.17. The summed E-state index contributed by atoms with van der Waals surface area (Å²) in [4.78, 5) is 10.7. The van der Waals surface area contributed by atoms with Gasteiger partial charge in [0.05, 0.1) is 19.8 Å². The van der Waals surface area contributed by atoms with E-state index in [2.05, 4.69) is 4.74 Å². The van der Waals surface area contributed by atoms with Crippen LogP contribution in [0.15, 0.2) is 12.2 Å². The lowest BCUT2D eigenvalue weighted by atomic mass is 10.1. The number of methoxy groups -OCH3 is 1. The van der Waals surface area contributed by atoms with Crippen molar-refractivity contribution in [3.63, 3.8) is 0 Å². The predicted molar refractivity (Wildman–Crippen MR) is 44.7 cm³/mol. The molecule has 0 spiro atoms. The van der Waals surface area contributed by atoms with Crippen molar-refractivity contribution < 1.29 is 14.3 Å². The lowest BCUT2D eigenvalue weighted by molar-refractivity contribution is -0.140. The van der Waals surface area contributed by atoms with Gasteiger partial charge >= 0.3 is 5.97 Å². The highest BCUT2D eigenvalue weighted by atomic mass is 16.5. The van der Waals surface area contributed by atoms with Crippen molar-refractivity contribution in [1.29, 1.82) is 0 Å². The van der Waals surface area contributed by atoms with Crippen molar-refractivity contribution in [1.82, 2.24) is 0 Å². The first-order chi connectivity index (χ1) is 5.83. The molecule has 0 aromatic carbocycles. The van der Waals surface area contributed by atoms with Crippen LogP contribution in [0, 0.1) is 0 Å². The van der Waals surface area contributed by atoms with E-state index in [-0.39, 0.29) is 12.1 Å². The second-order valence-electron chi connectivity index (χ2n) is 2.77. The smallest absolute Gasteiger partial charge is 0.305 e. The Kier molecular flexibility index (Phi) is 3.80. The lowest BCUT2D eigenvalue weighted by Gasteiger charge is -2.06. The van der Waals surface area contributed by atoms with Crippen molar-refractivity contribution in [2.45, 2.75) is 25.4 Å². The molecule has 1 aliphatic heterocycles. The van der Waals surface area contributed by atoms with Crippen molar-refractivity contribution in [2.24, 2.45) is 0 Å². The van der Waals surface area contributed by atoms with Crippen molar-refractivity contribution in [3.8, 4) is 0 Å². The third-order valence-electron chi connectivity index (χ3n) is 1.85. The second kappa shape index (κ2) is 4.93. The molecule has 0 fully saturated rings. The normalized spacial score (nSPS) is 21.2. The summed E-state index contributed by atoms with van der Waals surface area (Å²) in [7, 11) is 1.41. The number of carbonyl (C=O) groups excluding carboxylic acids is 1. The maximum atomic E-state index is 10.7. The Bertz CT molecular complexity index is 175. The fourth-order valence-electron chi connectivity index (χ4n) is 1.17. The highest BCUT2D eigenvalue weighted by Crippen LogP contribution is 2.11. The van der Waals surface area contributed by atoms with Gasteiger partial charge in [-0.15, -0.1) is 0 Å². The zero-order valence-corrected chi connectivity index (χ0v) is 7.29. The molecular formula is C9H14O3. The molecule has 0 saturated heterocycles. The average Bonchev–Trinajstić information content (AvgIpc) is 2.57. The van der Waals surface area contributed by atoms with Crippen LogP contribution in [0.1, 0.15) is 19.3 Å². The van der Waals surface area contributed by atoms with E-state index in [0.717, 1.165) is 12.8 Å². The molecule has 1 atom stereocenters. The number of hydrogen-bond donors (Lipinski definition) is 0. The molecule has 0 N–H and O–H groups in total. The molecular weight excluding hydrogens is 156 g/mol. The SMILES string of the molecule is COC(=O)CCCC1C=CCO1. The Morgan fingerprint density at radius 1 is 1.75 bits per heavy atom. The second-order valence-corrected chi connectivity index (χ2v) is 2.77. The number of rotatable bonds is 4.